The van der Waals surface area contributed by atoms with Crippen LogP contribution in [0.1, 0.15) is 50.2 Å². The van der Waals surface area contributed by atoms with Gasteiger partial charge in [-0.05, 0) is 45.7 Å². The number of anilines is 1. The van der Waals surface area contributed by atoms with Crippen molar-refractivity contribution in [2.24, 2.45) is 0 Å². The SMILES string of the molecule is CC(C)(C)S(=O)(=O)c1ccc(N2CCCC(c3nc(C(F)(F)F)cs3)C2)cn1. The predicted octanol–water partition coefficient (Wildman–Crippen LogP) is 4.51. The molecule has 1 atom stereocenters. The maximum Gasteiger partial charge on any atom is 0.434 e. The van der Waals surface area contributed by atoms with Crippen molar-refractivity contribution in [3.8, 4) is 0 Å². The van der Waals surface area contributed by atoms with Crippen molar-refractivity contribution < 1.29 is 21.6 Å². The molecule has 0 spiro atoms. The molecule has 0 aliphatic carbocycles. The van der Waals surface area contributed by atoms with Crippen molar-refractivity contribution in [3.63, 3.8) is 0 Å². The van der Waals surface area contributed by atoms with Crippen LogP contribution >= 0.6 is 11.3 Å². The highest BCUT2D eigenvalue weighted by Crippen LogP contribution is 2.36. The van der Waals surface area contributed by atoms with Crippen molar-refractivity contribution in [2.45, 2.75) is 55.5 Å². The van der Waals surface area contributed by atoms with Crippen LogP contribution in [0.25, 0.3) is 0 Å². The zero-order chi connectivity index (χ0) is 20.7. The fourth-order valence-corrected chi connectivity index (χ4v) is 5.07. The van der Waals surface area contributed by atoms with Gasteiger partial charge in [0.15, 0.2) is 20.6 Å². The van der Waals surface area contributed by atoms with Gasteiger partial charge in [0.1, 0.15) is 0 Å². The highest BCUT2D eigenvalue weighted by Gasteiger charge is 2.35. The molecule has 1 fully saturated rings. The first-order chi connectivity index (χ1) is 12.9. The summed E-state index contributed by atoms with van der Waals surface area (Å²) in [5, 5.41) is 1.56. The van der Waals surface area contributed by atoms with Gasteiger partial charge in [-0.2, -0.15) is 13.2 Å². The molecule has 2 aromatic rings. The third kappa shape index (κ3) is 4.17. The van der Waals surface area contributed by atoms with E-state index < -0.39 is 26.5 Å². The molecular weight excluding hydrogens is 411 g/mol. The quantitative estimate of drug-likeness (QED) is 0.713. The van der Waals surface area contributed by atoms with Gasteiger partial charge in [0.05, 0.1) is 21.6 Å². The predicted molar refractivity (Wildman–Crippen MR) is 102 cm³/mol. The molecule has 10 heteroatoms. The van der Waals surface area contributed by atoms with E-state index in [0.717, 1.165) is 41.8 Å². The number of hydrogen-bond acceptors (Lipinski definition) is 6. The second kappa shape index (κ2) is 7.29. The van der Waals surface area contributed by atoms with Gasteiger partial charge < -0.3 is 4.90 Å². The lowest BCUT2D eigenvalue weighted by atomic mass is 9.98. The van der Waals surface area contributed by atoms with Crippen LogP contribution in [-0.4, -0.2) is 36.2 Å². The van der Waals surface area contributed by atoms with E-state index in [0.29, 0.717) is 11.6 Å². The number of alkyl halides is 3. The molecule has 3 heterocycles. The van der Waals surface area contributed by atoms with Crippen LogP contribution in [0.4, 0.5) is 18.9 Å². The maximum atomic E-state index is 12.8. The Hall–Kier alpha value is -1.68. The Labute approximate surface area is 166 Å². The van der Waals surface area contributed by atoms with Crippen LogP contribution in [-0.2, 0) is 16.0 Å². The Balaban J connectivity index is 1.77. The molecule has 1 aliphatic rings. The highest BCUT2D eigenvalue weighted by atomic mass is 32.2. The Morgan fingerprint density at radius 2 is 1.93 bits per heavy atom. The maximum absolute atomic E-state index is 12.8. The molecular formula is C18H22F3N3O2S2. The van der Waals surface area contributed by atoms with Gasteiger partial charge in [-0.1, -0.05) is 0 Å². The van der Waals surface area contributed by atoms with Crippen molar-refractivity contribution in [2.75, 3.05) is 18.0 Å². The fraction of sp³-hybridized carbons (Fsp3) is 0.556. The van der Waals surface area contributed by atoms with Crippen LogP contribution in [0.2, 0.25) is 0 Å². The van der Waals surface area contributed by atoms with Gasteiger partial charge in [-0.25, -0.2) is 18.4 Å². The third-order valence-corrected chi connectivity index (χ3v) is 8.16. The summed E-state index contributed by atoms with van der Waals surface area (Å²) in [5.74, 6) is -0.0900. The molecule has 2 aromatic heterocycles. The lowest BCUT2D eigenvalue weighted by Gasteiger charge is -2.33. The van der Waals surface area contributed by atoms with Gasteiger partial charge in [0, 0.05) is 24.4 Å². The Morgan fingerprint density at radius 1 is 1.21 bits per heavy atom. The highest BCUT2D eigenvalue weighted by molar-refractivity contribution is 7.92. The van der Waals surface area contributed by atoms with Crippen molar-refractivity contribution >= 4 is 26.9 Å². The largest absolute Gasteiger partial charge is 0.434 e. The second-order valence-corrected chi connectivity index (χ2v) is 11.4. The van der Waals surface area contributed by atoms with Gasteiger partial charge in [-0.15, -0.1) is 11.3 Å². The molecule has 28 heavy (non-hydrogen) atoms. The molecule has 0 bridgehead atoms. The minimum Gasteiger partial charge on any atom is -0.370 e. The summed E-state index contributed by atoms with van der Waals surface area (Å²) in [6.07, 6.45) is -1.33. The minimum absolute atomic E-state index is 0.0204. The van der Waals surface area contributed by atoms with Gasteiger partial charge in [0.2, 0.25) is 0 Å². The first-order valence-electron chi connectivity index (χ1n) is 8.88. The number of nitrogens with zero attached hydrogens (tertiary/aromatic N) is 3. The van der Waals surface area contributed by atoms with Crippen LogP contribution < -0.4 is 4.90 Å². The summed E-state index contributed by atoms with van der Waals surface area (Å²) in [6.45, 7) is 6.13. The van der Waals surface area contributed by atoms with Crippen LogP contribution in [0.3, 0.4) is 0 Å². The van der Waals surface area contributed by atoms with E-state index in [1.807, 2.05) is 4.90 Å². The van der Waals surface area contributed by atoms with E-state index in [2.05, 4.69) is 9.97 Å². The first kappa shape index (κ1) is 21.0. The lowest BCUT2D eigenvalue weighted by molar-refractivity contribution is -0.140. The zero-order valence-electron chi connectivity index (χ0n) is 15.8. The summed E-state index contributed by atoms with van der Waals surface area (Å²) in [5.41, 5.74) is -0.0896. The van der Waals surface area contributed by atoms with Gasteiger partial charge >= 0.3 is 6.18 Å². The van der Waals surface area contributed by atoms with E-state index in [1.54, 1.807) is 26.8 Å². The number of thiazole rings is 1. The standard InChI is InChI=1S/C18H22F3N3O2S2/c1-17(2,3)28(25,26)15-7-6-13(9-22-15)24-8-4-5-12(10-24)16-23-14(11-27-16)18(19,20)21/h6-7,9,11-12H,4-5,8,10H2,1-3H3. The molecule has 1 unspecified atom stereocenters. The van der Waals surface area contributed by atoms with Crippen molar-refractivity contribution in [3.05, 3.63) is 34.4 Å². The van der Waals surface area contributed by atoms with Crippen molar-refractivity contribution in [1.82, 2.24) is 9.97 Å². The average Bonchev–Trinajstić information content (AvgIpc) is 3.12. The number of halogens is 3. The summed E-state index contributed by atoms with van der Waals surface area (Å²) >= 11 is 1.04. The average molecular weight is 434 g/mol. The van der Waals surface area contributed by atoms with Crippen LogP contribution in [0.15, 0.2) is 28.7 Å². The molecule has 0 saturated carbocycles. The number of sulfone groups is 1. The topological polar surface area (TPSA) is 63.2 Å². The molecule has 0 amide bonds. The summed E-state index contributed by atoms with van der Waals surface area (Å²) < 4.78 is 62.4. The monoisotopic (exact) mass is 433 g/mol. The smallest absolute Gasteiger partial charge is 0.370 e. The number of pyridine rings is 1. The molecule has 0 N–H and O–H groups in total. The van der Waals surface area contributed by atoms with E-state index in [1.165, 1.54) is 12.3 Å². The second-order valence-electron chi connectivity index (χ2n) is 7.82. The number of aromatic nitrogens is 2. The Kier molecular flexibility index (Phi) is 5.48. The normalized spacial score (nSPS) is 19.1. The van der Waals surface area contributed by atoms with E-state index in [-0.39, 0.29) is 10.9 Å². The summed E-state index contributed by atoms with van der Waals surface area (Å²) in [7, 11) is -3.53. The molecule has 1 aliphatic heterocycles. The molecule has 5 nitrogen and oxygen atoms in total. The Morgan fingerprint density at radius 3 is 2.46 bits per heavy atom. The van der Waals surface area contributed by atoms with Crippen LogP contribution in [0, 0.1) is 0 Å². The Bertz CT molecular complexity index is 932. The van der Waals surface area contributed by atoms with E-state index >= 15 is 0 Å². The molecule has 0 aromatic carbocycles. The third-order valence-electron chi connectivity index (χ3n) is 4.75. The summed E-state index contributed by atoms with van der Waals surface area (Å²) in [6, 6.07) is 3.20. The zero-order valence-corrected chi connectivity index (χ0v) is 17.5. The van der Waals surface area contributed by atoms with Crippen LogP contribution in [0.5, 0.6) is 0 Å². The van der Waals surface area contributed by atoms with Crippen molar-refractivity contribution in [1.29, 1.82) is 0 Å². The van der Waals surface area contributed by atoms with E-state index in [9.17, 15) is 21.6 Å². The summed E-state index contributed by atoms with van der Waals surface area (Å²) in [4.78, 5) is 9.93. The number of rotatable bonds is 3. The lowest BCUT2D eigenvalue weighted by Crippen LogP contribution is -2.34. The molecule has 3 rings (SSSR count). The van der Waals surface area contributed by atoms with E-state index in [4.69, 9.17) is 0 Å². The number of piperidine rings is 1. The molecule has 154 valence electrons. The molecule has 0 radical (unpaired) electrons. The molecule has 1 saturated heterocycles. The van der Waals surface area contributed by atoms with Gasteiger partial charge in [-0.3, -0.25) is 0 Å². The minimum atomic E-state index is -4.43. The fourth-order valence-electron chi connectivity index (χ4n) is 3.05. The van der Waals surface area contributed by atoms with Gasteiger partial charge in [0.25, 0.3) is 0 Å². The first-order valence-corrected chi connectivity index (χ1v) is 11.2. The number of hydrogen-bond donors (Lipinski definition) is 0.